The van der Waals surface area contributed by atoms with E-state index in [-0.39, 0.29) is 57.4 Å². The molecule has 10 unspecified atom stereocenters. The fourth-order valence-corrected chi connectivity index (χ4v) is 9.06. The molecule has 5 saturated carbocycles. The molecule has 0 aromatic heterocycles. The lowest BCUT2D eigenvalue weighted by atomic mass is 9.74. The highest BCUT2D eigenvalue weighted by atomic mass is 16.6. The van der Waals surface area contributed by atoms with Gasteiger partial charge in [-0.2, -0.15) is 0 Å². The van der Waals surface area contributed by atoms with Gasteiger partial charge in [0.2, 0.25) is 0 Å². The lowest BCUT2D eigenvalue weighted by Crippen LogP contribution is -2.33. The van der Waals surface area contributed by atoms with Crippen LogP contribution in [-0.2, 0) is 52.4 Å². The van der Waals surface area contributed by atoms with E-state index in [1.165, 1.54) is 6.42 Å². The Bertz CT molecular complexity index is 1350. The number of esters is 5. The maximum Gasteiger partial charge on any atom is 0.407 e. The first-order chi connectivity index (χ1) is 24.0. The second kappa shape index (κ2) is 16.0. The molecule has 13 heteroatoms. The number of ether oxygens (including phenoxy) is 6. The van der Waals surface area contributed by atoms with Gasteiger partial charge < -0.3 is 33.7 Å². The first kappa shape index (κ1) is 37.4. The van der Waals surface area contributed by atoms with Gasteiger partial charge in [-0.15, -0.1) is 13.2 Å². The van der Waals surface area contributed by atoms with Crippen LogP contribution in [0.4, 0.5) is 4.79 Å². The van der Waals surface area contributed by atoms with Crippen LogP contribution in [0.25, 0.3) is 0 Å². The van der Waals surface area contributed by atoms with Crippen molar-refractivity contribution in [2.24, 2.45) is 58.2 Å². The number of carbonyl (C=O) groups is 6. The van der Waals surface area contributed by atoms with Crippen LogP contribution in [0.5, 0.6) is 0 Å². The molecule has 2 bridgehead atoms. The molecule has 10 atom stereocenters. The normalized spacial score (nSPS) is 34.0. The monoisotopic (exact) mass is 701 g/mol. The highest BCUT2D eigenvalue weighted by Gasteiger charge is 2.68. The summed E-state index contributed by atoms with van der Waals surface area (Å²) in [5, 5.41) is 2.85. The van der Waals surface area contributed by atoms with Crippen molar-refractivity contribution in [2.45, 2.75) is 65.2 Å². The summed E-state index contributed by atoms with van der Waals surface area (Å²) < 4.78 is 31.1. The van der Waals surface area contributed by atoms with Crippen molar-refractivity contribution in [3.8, 4) is 0 Å². The quantitative estimate of drug-likeness (QED) is 0.0678. The van der Waals surface area contributed by atoms with Crippen LogP contribution in [0.15, 0.2) is 25.3 Å². The fraction of sp³-hybridized carbons (Fsp3) is 0.730. The molecule has 1 amide bonds. The third-order valence-electron chi connectivity index (χ3n) is 11.7. The van der Waals surface area contributed by atoms with Crippen LogP contribution in [0.2, 0.25) is 0 Å². The zero-order valence-corrected chi connectivity index (χ0v) is 29.2. The van der Waals surface area contributed by atoms with Gasteiger partial charge in [-0.05, 0) is 94.3 Å². The minimum Gasteiger partial charge on any atom is -0.465 e. The van der Waals surface area contributed by atoms with Gasteiger partial charge >= 0.3 is 35.9 Å². The Morgan fingerprint density at radius 2 is 1.18 bits per heavy atom. The van der Waals surface area contributed by atoms with Gasteiger partial charge in [0, 0.05) is 24.8 Å². The van der Waals surface area contributed by atoms with Gasteiger partial charge in [0.05, 0.1) is 13.2 Å². The van der Waals surface area contributed by atoms with Crippen molar-refractivity contribution in [1.82, 2.24) is 5.32 Å². The van der Waals surface area contributed by atoms with Crippen molar-refractivity contribution in [3.63, 3.8) is 0 Å². The van der Waals surface area contributed by atoms with E-state index in [0.717, 1.165) is 25.7 Å². The Morgan fingerprint density at radius 3 is 1.72 bits per heavy atom. The maximum atomic E-state index is 12.6. The van der Waals surface area contributed by atoms with Crippen LogP contribution >= 0.6 is 0 Å². The third kappa shape index (κ3) is 7.56. The first-order valence-corrected chi connectivity index (χ1v) is 18.1. The molecule has 0 spiro atoms. The van der Waals surface area contributed by atoms with Gasteiger partial charge in [-0.25, -0.2) is 4.79 Å². The molecule has 276 valence electrons. The Kier molecular flexibility index (Phi) is 11.9. The molecule has 5 aliphatic rings. The van der Waals surface area contributed by atoms with Crippen LogP contribution in [0.3, 0.4) is 0 Å². The van der Waals surface area contributed by atoms with E-state index in [0.29, 0.717) is 61.3 Å². The van der Waals surface area contributed by atoms with Gasteiger partial charge in [-0.1, -0.05) is 12.2 Å². The Labute approximate surface area is 293 Å². The molecule has 0 aliphatic heterocycles. The Balaban J connectivity index is 0.938. The highest BCUT2D eigenvalue weighted by molar-refractivity contribution is 6.05. The molecule has 5 fully saturated rings. The van der Waals surface area contributed by atoms with Crippen LogP contribution in [-0.4, -0.2) is 82.1 Å². The third-order valence-corrected chi connectivity index (χ3v) is 11.7. The highest BCUT2D eigenvalue weighted by Crippen LogP contribution is 2.63. The molecule has 0 heterocycles. The lowest BCUT2D eigenvalue weighted by Gasteiger charge is -2.31. The number of rotatable bonds is 19. The number of alkyl carbamates (subject to hydrolysis) is 1. The van der Waals surface area contributed by atoms with Crippen molar-refractivity contribution in [2.75, 3.05) is 46.2 Å². The van der Waals surface area contributed by atoms with Crippen LogP contribution in [0.1, 0.15) is 65.2 Å². The summed E-state index contributed by atoms with van der Waals surface area (Å²) in [6.45, 7) is 11.0. The smallest absolute Gasteiger partial charge is 0.407 e. The molecule has 0 aromatic carbocycles. The summed E-state index contributed by atoms with van der Waals surface area (Å²) >= 11 is 0. The molecule has 5 aliphatic carbocycles. The van der Waals surface area contributed by atoms with Crippen molar-refractivity contribution in [3.05, 3.63) is 25.3 Å². The summed E-state index contributed by atoms with van der Waals surface area (Å²) in [6.07, 6.45) is 8.56. The predicted octanol–water partition coefficient (Wildman–Crippen LogP) is 3.93. The number of hydrogen-bond acceptors (Lipinski definition) is 12. The Hall–Kier alpha value is -3.90. The van der Waals surface area contributed by atoms with Gasteiger partial charge in [0.25, 0.3) is 0 Å². The average molecular weight is 702 g/mol. The van der Waals surface area contributed by atoms with E-state index in [1.54, 1.807) is 26.0 Å². The van der Waals surface area contributed by atoms with E-state index in [2.05, 4.69) is 18.5 Å². The molecular formula is C37H51NO12. The number of allylic oxidation sites excluding steroid dienone is 2. The number of hydrogen-bond donors (Lipinski definition) is 1. The molecule has 13 nitrogen and oxygen atoms in total. The molecule has 0 radical (unpaired) electrons. The topological polar surface area (TPSA) is 170 Å². The van der Waals surface area contributed by atoms with Gasteiger partial charge in [0.1, 0.15) is 26.4 Å². The SMILES string of the molecule is C=CC1CC1(C(=O)OCC)C(=O)OCCOC(=O)CCC1CC2CC1C1CC(CNC(=O)OCCOC(=O)C3(C(=O)OCC)CC3C=C)CC21. The maximum absolute atomic E-state index is 12.6. The summed E-state index contributed by atoms with van der Waals surface area (Å²) in [6, 6.07) is 0. The number of carbonyl (C=O) groups excluding carboxylic acids is 6. The zero-order chi connectivity index (χ0) is 36.1. The average Bonchev–Trinajstić information content (AvgIpc) is 3.88. The van der Waals surface area contributed by atoms with Crippen molar-refractivity contribution >= 4 is 35.9 Å². The van der Waals surface area contributed by atoms with Gasteiger partial charge in [0.15, 0.2) is 10.8 Å². The van der Waals surface area contributed by atoms with E-state index in [4.69, 9.17) is 28.4 Å². The lowest BCUT2D eigenvalue weighted by molar-refractivity contribution is -0.168. The van der Waals surface area contributed by atoms with Gasteiger partial charge in [-0.3, -0.25) is 24.0 Å². The molecule has 50 heavy (non-hydrogen) atoms. The number of amides is 1. The fourth-order valence-electron chi connectivity index (χ4n) is 9.06. The van der Waals surface area contributed by atoms with Crippen molar-refractivity contribution < 1.29 is 57.2 Å². The van der Waals surface area contributed by atoms with Crippen molar-refractivity contribution in [1.29, 1.82) is 0 Å². The molecular weight excluding hydrogens is 650 g/mol. The molecule has 0 aromatic rings. The minimum atomic E-state index is -1.34. The number of fused-ring (bicyclic) bond motifs is 5. The second-order valence-corrected chi connectivity index (χ2v) is 14.3. The molecule has 0 saturated heterocycles. The minimum absolute atomic E-state index is 0.0712. The van der Waals surface area contributed by atoms with Crippen LogP contribution in [0, 0.1) is 58.2 Å². The summed E-state index contributed by atoms with van der Waals surface area (Å²) in [4.78, 5) is 74.6. The summed E-state index contributed by atoms with van der Waals surface area (Å²) in [5.41, 5.74) is -2.67. The molecule has 5 rings (SSSR count). The molecule has 1 N–H and O–H groups in total. The van der Waals surface area contributed by atoms with Crippen LogP contribution < -0.4 is 5.32 Å². The summed E-state index contributed by atoms with van der Waals surface area (Å²) in [5.74, 6) is -0.328. The second-order valence-electron chi connectivity index (χ2n) is 14.3. The van der Waals surface area contributed by atoms with E-state index < -0.39 is 40.8 Å². The standard InChI is InChI=1S/C37H51NO12/c1-5-25-19-36(25,31(40)45-7-3)33(42)48-12-11-47-30(39)10-9-23-17-24-18-28(23)29-16-22(15-27(24)29)21-38-35(44)50-14-13-49-34(43)37(20-26(37)6-2)32(41)46-8-4/h5-6,22-29H,1-2,7-21H2,3-4H3,(H,38,44). The Morgan fingerprint density at radius 1 is 0.660 bits per heavy atom. The largest absolute Gasteiger partial charge is 0.465 e. The first-order valence-electron chi connectivity index (χ1n) is 18.1. The zero-order valence-electron chi connectivity index (χ0n) is 29.2. The summed E-state index contributed by atoms with van der Waals surface area (Å²) in [7, 11) is 0. The van der Waals surface area contributed by atoms with E-state index in [1.807, 2.05) is 0 Å². The predicted molar refractivity (Wildman–Crippen MR) is 176 cm³/mol. The number of nitrogens with one attached hydrogen (secondary N) is 1. The van der Waals surface area contributed by atoms with E-state index in [9.17, 15) is 28.8 Å². The van der Waals surface area contributed by atoms with E-state index >= 15 is 0 Å².